The highest BCUT2D eigenvalue weighted by Crippen LogP contribution is 2.50. The highest BCUT2D eigenvalue weighted by Gasteiger charge is 2.45. The van der Waals surface area contributed by atoms with Gasteiger partial charge in [-0.15, -0.1) is 0 Å². The maximum Gasteiger partial charge on any atom is 0.232 e. The molecule has 4 rings (SSSR count). The summed E-state index contributed by atoms with van der Waals surface area (Å²) in [5, 5.41) is 0. The monoisotopic (exact) mass is 463 g/mol. The fourth-order valence-corrected chi connectivity index (χ4v) is 5.24. The number of aryl methyl sites for hydroxylation is 2. The molecule has 0 saturated carbocycles. The summed E-state index contributed by atoms with van der Waals surface area (Å²) < 4.78 is 16.6. The number of benzene rings is 2. The first-order valence-electron chi connectivity index (χ1n) is 11.6. The van der Waals surface area contributed by atoms with Crippen molar-refractivity contribution < 1.29 is 23.8 Å². The molecule has 0 bridgehead atoms. The van der Waals surface area contributed by atoms with Crippen molar-refractivity contribution in [2.75, 3.05) is 26.2 Å². The molecule has 1 heterocycles. The molecule has 180 valence electrons. The number of ether oxygens (including phenoxy) is 3. The van der Waals surface area contributed by atoms with Gasteiger partial charge in [0.25, 0.3) is 0 Å². The van der Waals surface area contributed by atoms with E-state index in [-0.39, 0.29) is 29.4 Å². The van der Waals surface area contributed by atoms with Crippen LogP contribution in [0.3, 0.4) is 0 Å². The number of hydrogen-bond acceptors (Lipinski definition) is 5. The normalized spacial score (nSPS) is 19.7. The first-order chi connectivity index (χ1) is 16.1. The van der Waals surface area contributed by atoms with Gasteiger partial charge in [0.05, 0.1) is 27.0 Å². The van der Waals surface area contributed by atoms with Gasteiger partial charge < -0.3 is 14.2 Å². The second-order valence-corrected chi connectivity index (χ2v) is 10.0. The minimum absolute atomic E-state index is 0.0169. The van der Waals surface area contributed by atoms with Crippen LogP contribution in [0, 0.1) is 19.3 Å². The number of anilines is 1. The van der Waals surface area contributed by atoms with Crippen molar-refractivity contribution in [3.8, 4) is 17.2 Å². The summed E-state index contributed by atoms with van der Waals surface area (Å²) in [5.74, 6) is 1.20. The number of ketones is 1. The Morgan fingerprint density at radius 1 is 0.912 bits per heavy atom. The van der Waals surface area contributed by atoms with E-state index in [4.69, 9.17) is 14.2 Å². The van der Waals surface area contributed by atoms with Crippen LogP contribution in [-0.4, -0.2) is 33.0 Å². The predicted molar refractivity (Wildman–Crippen MR) is 132 cm³/mol. The van der Waals surface area contributed by atoms with E-state index >= 15 is 0 Å². The zero-order valence-electron chi connectivity index (χ0n) is 21.1. The average Bonchev–Trinajstić information content (AvgIpc) is 2.78. The van der Waals surface area contributed by atoms with Crippen molar-refractivity contribution in [1.29, 1.82) is 0 Å². The highest BCUT2D eigenvalue weighted by atomic mass is 16.5. The second kappa shape index (κ2) is 8.82. The third-order valence-electron chi connectivity index (χ3n) is 6.84. The molecule has 2 aliphatic rings. The second-order valence-electron chi connectivity index (χ2n) is 10.0. The lowest BCUT2D eigenvalue weighted by molar-refractivity contribution is -0.121. The van der Waals surface area contributed by atoms with E-state index in [1.807, 2.05) is 44.2 Å². The standard InChI is InChI=1S/C28H33NO5/c1-16-8-9-17(2)20(10-16)29-21-14-28(3,4)15-22(30)26(21)19(13-25(29)31)18-11-23(32-5)27(34-7)24(12-18)33-6/h8-12,19H,13-15H2,1-7H3. The van der Waals surface area contributed by atoms with Crippen molar-refractivity contribution in [3.63, 3.8) is 0 Å². The van der Waals surface area contributed by atoms with Crippen LogP contribution < -0.4 is 19.1 Å². The van der Waals surface area contributed by atoms with Gasteiger partial charge in [-0.2, -0.15) is 0 Å². The number of allylic oxidation sites excluding steroid dienone is 2. The summed E-state index contributed by atoms with van der Waals surface area (Å²) in [6.45, 7) is 8.19. The molecule has 1 aliphatic heterocycles. The molecule has 1 atom stereocenters. The van der Waals surface area contributed by atoms with Crippen LogP contribution in [0.5, 0.6) is 17.2 Å². The van der Waals surface area contributed by atoms with E-state index in [9.17, 15) is 9.59 Å². The fraction of sp³-hybridized carbons (Fsp3) is 0.429. The van der Waals surface area contributed by atoms with Crippen LogP contribution in [0.2, 0.25) is 0 Å². The molecule has 1 amide bonds. The number of hydrogen-bond donors (Lipinski definition) is 0. The largest absolute Gasteiger partial charge is 0.493 e. The van der Waals surface area contributed by atoms with Gasteiger partial charge in [0.2, 0.25) is 11.7 Å². The zero-order valence-corrected chi connectivity index (χ0v) is 21.1. The lowest BCUT2D eigenvalue weighted by Crippen LogP contribution is -2.44. The Labute approximate surface area is 201 Å². The number of carbonyl (C=O) groups is 2. The molecular formula is C28H33NO5. The van der Waals surface area contributed by atoms with Crippen LogP contribution >= 0.6 is 0 Å². The Bertz CT molecular complexity index is 1170. The van der Waals surface area contributed by atoms with E-state index in [1.54, 1.807) is 26.2 Å². The number of nitrogens with zero attached hydrogens (tertiary/aromatic N) is 1. The topological polar surface area (TPSA) is 65.1 Å². The van der Waals surface area contributed by atoms with Crippen LogP contribution in [0.4, 0.5) is 5.69 Å². The van der Waals surface area contributed by atoms with Crippen molar-refractivity contribution in [2.45, 2.75) is 52.9 Å². The molecule has 2 aromatic rings. The lowest BCUT2D eigenvalue weighted by atomic mass is 9.69. The number of rotatable bonds is 5. The minimum atomic E-state index is -0.374. The van der Waals surface area contributed by atoms with E-state index in [0.717, 1.165) is 28.1 Å². The number of Topliss-reactive ketones (excluding diaryl/α,β-unsaturated/α-hetero) is 1. The van der Waals surface area contributed by atoms with Gasteiger partial charge in [-0.1, -0.05) is 26.0 Å². The van der Waals surface area contributed by atoms with Crippen LogP contribution in [0.1, 0.15) is 55.7 Å². The van der Waals surface area contributed by atoms with Crippen molar-refractivity contribution in [2.24, 2.45) is 5.41 Å². The molecule has 6 heteroatoms. The summed E-state index contributed by atoms with van der Waals surface area (Å²) in [4.78, 5) is 29.1. The molecule has 0 saturated heterocycles. The predicted octanol–water partition coefficient (Wildman–Crippen LogP) is 5.49. The number of methoxy groups -OCH3 is 3. The van der Waals surface area contributed by atoms with E-state index in [2.05, 4.69) is 13.8 Å². The first kappa shape index (κ1) is 23.9. The summed E-state index contributed by atoms with van der Waals surface area (Å²) >= 11 is 0. The van der Waals surface area contributed by atoms with Gasteiger partial charge in [0.15, 0.2) is 17.3 Å². The van der Waals surface area contributed by atoms with Gasteiger partial charge in [-0.3, -0.25) is 14.5 Å². The molecule has 2 aromatic carbocycles. The molecule has 0 spiro atoms. The Balaban J connectivity index is 1.95. The van der Waals surface area contributed by atoms with Crippen molar-refractivity contribution in [3.05, 3.63) is 58.3 Å². The van der Waals surface area contributed by atoms with Gasteiger partial charge >= 0.3 is 0 Å². The summed E-state index contributed by atoms with van der Waals surface area (Å²) in [6.07, 6.45) is 1.28. The van der Waals surface area contributed by atoms with Gasteiger partial charge in [0, 0.05) is 30.0 Å². The molecule has 0 radical (unpaired) electrons. The van der Waals surface area contributed by atoms with Crippen LogP contribution in [0.15, 0.2) is 41.6 Å². The molecule has 1 aliphatic carbocycles. The molecule has 0 N–H and O–H groups in total. The fourth-order valence-electron chi connectivity index (χ4n) is 5.24. The lowest BCUT2D eigenvalue weighted by Gasteiger charge is -2.43. The van der Waals surface area contributed by atoms with Gasteiger partial charge in [-0.25, -0.2) is 0 Å². The summed E-state index contributed by atoms with van der Waals surface area (Å²) in [6, 6.07) is 9.80. The first-order valence-corrected chi connectivity index (χ1v) is 11.6. The maximum absolute atomic E-state index is 13.7. The van der Waals surface area contributed by atoms with Crippen LogP contribution in [0.25, 0.3) is 0 Å². The Hall–Kier alpha value is -3.28. The Morgan fingerprint density at radius 2 is 1.56 bits per heavy atom. The quantitative estimate of drug-likeness (QED) is 0.586. The third-order valence-corrected chi connectivity index (χ3v) is 6.84. The molecular weight excluding hydrogens is 430 g/mol. The SMILES string of the molecule is COc1cc(C2CC(=O)N(c3cc(C)ccc3C)C3=C2C(=O)CC(C)(C)C3)cc(OC)c1OC. The summed E-state index contributed by atoms with van der Waals surface area (Å²) in [7, 11) is 4.68. The zero-order chi connectivity index (χ0) is 24.8. The molecule has 1 unspecified atom stereocenters. The van der Waals surface area contributed by atoms with Gasteiger partial charge in [-0.05, 0) is 60.6 Å². The molecule has 0 fully saturated rings. The highest BCUT2D eigenvalue weighted by molar-refractivity contribution is 6.08. The Morgan fingerprint density at radius 3 is 2.15 bits per heavy atom. The van der Waals surface area contributed by atoms with E-state index in [0.29, 0.717) is 35.7 Å². The minimum Gasteiger partial charge on any atom is -0.493 e. The number of carbonyl (C=O) groups excluding carboxylic acids is 2. The maximum atomic E-state index is 13.7. The van der Waals surface area contributed by atoms with Crippen molar-refractivity contribution >= 4 is 17.4 Å². The smallest absolute Gasteiger partial charge is 0.232 e. The van der Waals surface area contributed by atoms with E-state index < -0.39 is 0 Å². The molecule has 0 aromatic heterocycles. The van der Waals surface area contributed by atoms with E-state index in [1.165, 1.54) is 0 Å². The Kier molecular flexibility index (Phi) is 6.19. The number of amides is 1. The molecule has 34 heavy (non-hydrogen) atoms. The summed E-state index contributed by atoms with van der Waals surface area (Å²) in [5.41, 5.74) is 5.04. The van der Waals surface area contributed by atoms with Crippen molar-refractivity contribution in [1.82, 2.24) is 0 Å². The van der Waals surface area contributed by atoms with Gasteiger partial charge in [0.1, 0.15) is 0 Å². The third kappa shape index (κ3) is 4.06. The molecule has 6 nitrogen and oxygen atoms in total. The van der Waals surface area contributed by atoms with Crippen LogP contribution in [-0.2, 0) is 9.59 Å². The average molecular weight is 464 g/mol.